The first-order chi connectivity index (χ1) is 13.8. The Bertz CT molecular complexity index is 840. The van der Waals surface area contributed by atoms with E-state index in [-0.39, 0.29) is 17.5 Å². The third-order valence-corrected chi connectivity index (χ3v) is 5.62. The van der Waals surface area contributed by atoms with Crippen LogP contribution in [-0.4, -0.2) is 42.0 Å². The molecule has 9 nitrogen and oxygen atoms in total. The number of nitro benzene ring substituents is 1. The maximum atomic E-state index is 12.3. The summed E-state index contributed by atoms with van der Waals surface area (Å²) in [6.45, 7) is 2.26. The van der Waals surface area contributed by atoms with Crippen LogP contribution in [0.1, 0.15) is 32.6 Å². The third kappa shape index (κ3) is 4.83. The molecule has 1 heterocycles. The van der Waals surface area contributed by atoms with Gasteiger partial charge in [-0.2, -0.15) is 5.26 Å². The number of piperidine rings is 1. The van der Waals surface area contributed by atoms with Gasteiger partial charge in [-0.25, -0.2) is 0 Å². The quantitative estimate of drug-likeness (QED) is 0.422. The second-order valence-electron chi connectivity index (χ2n) is 7.75. The van der Waals surface area contributed by atoms with Crippen LogP contribution in [-0.2, 0) is 14.3 Å². The van der Waals surface area contributed by atoms with Crippen molar-refractivity contribution in [3.63, 3.8) is 0 Å². The van der Waals surface area contributed by atoms with E-state index in [2.05, 4.69) is 11.4 Å². The van der Waals surface area contributed by atoms with Gasteiger partial charge in [-0.15, -0.1) is 0 Å². The van der Waals surface area contributed by atoms with Crippen LogP contribution < -0.4 is 10.2 Å². The Morgan fingerprint density at radius 1 is 1.31 bits per heavy atom. The van der Waals surface area contributed by atoms with Gasteiger partial charge in [0.15, 0.2) is 6.61 Å². The number of nitrogens with zero attached hydrogens (tertiary/aromatic N) is 3. The number of hydrogen-bond acceptors (Lipinski definition) is 7. The monoisotopic (exact) mass is 400 g/mol. The van der Waals surface area contributed by atoms with Gasteiger partial charge in [-0.05, 0) is 44.6 Å². The van der Waals surface area contributed by atoms with E-state index in [0.29, 0.717) is 31.6 Å². The molecule has 154 valence electrons. The number of ether oxygens (including phenoxy) is 1. The third-order valence-electron chi connectivity index (χ3n) is 5.62. The summed E-state index contributed by atoms with van der Waals surface area (Å²) in [5.74, 6) is -1.13. The minimum Gasteiger partial charge on any atom is -0.455 e. The summed E-state index contributed by atoms with van der Waals surface area (Å²) >= 11 is 0. The molecular weight excluding hydrogens is 376 g/mol. The highest BCUT2D eigenvalue weighted by Gasteiger charge is 2.43. The molecule has 0 unspecified atom stereocenters. The summed E-state index contributed by atoms with van der Waals surface area (Å²) in [7, 11) is 0. The molecule has 9 heteroatoms. The molecule has 0 bridgehead atoms. The summed E-state index contributed by atoms with van der Waals surface area (Å²) in [5, 5.41) is 23.1. The molecule has 1 atom stereocenters. The van der Waals surface area contributed by atoms with Gasteiger partial charge in [0.25, 0.3) is 11.6 Å². The summed E-state index contributed by atoms with van der Waals surface area (Å²) < 4.78 is 5.15. The van der Waals surface area contributed by atoms with Crippen molar-refractivity contribution in [1.82, 2.24) is 5.32 Å². The first-order valence-corrected chi connectivity index (χ1v) is 9.71. The number of benzene rings is 1. The first kappa shape index (κ1) is 20.6. The number of nitro groups is 1. The highest BCUT2D eigenvalue weighted by molar-refractivity contribution is 5.82. The zero-order chi connectivity index (χ0) is 21.0. The molecule has 29 heavy (non-hydrogen) atoms. The molecule has 0 radical (unpaired) electrons. The summed E-state index contributed by atoms with van der Waals surface area (Å²) in [6.07, 6.45) is 2.79. The zero-order valence-electron chi connectivity index (χ0n) is 16.3. The minimum atomic E-state index is -0.917. The van der Waals surface area contributed by atoms with Gasteiger partial charge in [0.05, 0.1) is 16.9 Å². The van der Waals surface area contributed by atoms with E-state index < -0.39 is 28.9 Å². The number of carbonyl (C=O) groups excluding carboxylic acids is 2. The molecule has 1 N–H and O–H groups in total. The SMILES string of the molecule is C[C@](C#N)(NC(=O)COC(=O)C1CCN(c2ccccc2[N+](=O)[O-])CC1)C1CC1. The molecular formula is C20H24N4O5. The predicted molar refractivity (Wildman–Crippen MR) is 104 cm³/mol. The van der Waals surface area contributed by atoms with Gasteiger partial charge in [-0.3, -0.25) is 19.7 Å². The number of para-hydroxylation sites is 2. The normalized spacial score (nSPS) is 19.0. The highest BCUT2D eigenvalue weighted by Crippen LogP contribution is 2.39. The number of carbonyl (C=O) groups is 2. The van der Waals surface area contributed by atoms with Crippen molar-refractivity contribution in [3.05, 3.63) is 34.4 Å². The van der Waals surface area contributed by atoms with Crippen molar-refractivity contribution < 1.29 is 19.2 Å². The van der Waals surface area contributed by atoms with E-state index >= 15 is 0 Å². The van der Waals surface area contributed by atoms with Crippen molar-refractivity contribution in [2.24, 2.45) is 11.8 Å². The van der Waals surface area contributed by atoms with Crippen molar-refractivity contribution in [2.75, 3.05) is 24.6 Å². The fraction of sp³-hybridized carbons (Fsp3) is 0.550. The van der Waals surface area contributed by atoms with Gasteiger partial charge >= 0.3 is 5.97 Å². The van der Waals surface area contributed by atoms with Gasteiger partial charge in [0.2, 0.25) is 0 Å². The van der Waals surface area contributed by atoms with Crippen LogP contribution in [0.2, 0.25) is 0 Å². The lowest BCUT2D eigenvalue weighted by atomic mass is 9.96. The molecule has 1 aromatic rings. The standard InChI is InChI=1S/C20H24N4O5/c1-20(13-21,15-6-7-15)22-18(25)12-29-19(26)14-8-10-23(11-9-14)16-4-2-3-5-17(16)24(27)28/h2-5,14-15H,6-12H2,1H3,(H,22,25)/t20-/m1/s1. The van der Waals surface area contributed by atoms with Gasteiger partial charge < -0.3 is 15.0 Å². The average Bonchev–Trinajstić information content (AvgIpc) is 3.58. The zero-order valence-corrected chi connectivity index (χ0v) is 16.3. The molecule has 2 fully saturated rings. The van der Waals surface area contributed by atoms with Crippen molar-refractivity contribution in [2.45, 2.75) is 38.1 Å². The minimum absolute atomic E-state index is 0.0430. The lowest BCUT2D eigenvalue weighted by Gasteiger charge is -2.32. The number of anilines is 1. The number of nitrogens with one attached hydrogen (secondary N) is 1. The maximum absolute atomic E-state index is 12.3. The van der Waals surface area contributed by atoms with Crippen molar-refractivity contribution in [3.8, 4) is 6.07 Å². The van der Waals surface area contributed by atoms with Gasteiger partial charge in [-0.1, -0.05) is 12.1 Å². The molecule has 3 rings (SSSR count). The Labute approximate surface area is 168 Å². The molecule has 1 aromatic carbocycles. The summed E-state index contributed by atoms with van der Waals surface area (Å²) in [4.78, 5) is 37.1. The average molecular weight is 400 g/mol. The van der Waals surface area contributed by atoms with Crippen LogP contribution in [0.15, 0.2) is 24.3 Å². The molecule has 1 aliphatic carbocycles. The molecule has 0 aromatic heterocycles. The summed E-state index contributed by atoms with van der Waals surface area (Å²) in [5.41, 5.74) is -0.333. The van der Waals surface area contributed by atoms with E-state index in [1.807, 2.05) is 4.90 Å². The maximum Gasteiger partial charge on any atom is 0.309 e. The number of nitriles is 1. The molecule has 1 amide bonds. The predicted octanol–water partition coefficient (Wildman–Crippen LogP) is 2.16. The molecule has 1 saturated heterocycles. The van der Waals surface area contributed by atoms with Crippen LogP contribution in [0, 0.1) is 33.3 Å². The largest absolute Gasteiger partial charge is 0.455 e. The lowest BCUT2D eigenvalue weighted by Crippen LogP contribution is -2.48. The number of amides is 1. The van der Waals surface area contributed by atoms with E-state index in [1.54, 1.807) is 25.1 Å². The second-order valence-corrected chi connectivity index (χ2v) is 7.75. The van der Waals surface area contributed by atoms with E-state index in [0.717, 1.165) is 12.8 Å². The van der Waals surface area contributed by atoms with Crippen molar-refractivity contribution in [1.29, 1.82) is 5.26 Å². The fourth-order valence-corrected chi connectivity index (χ4v) is 3.70. The molecule has 0 spiro atoms. The first-order valence-electron chi connectivity index (χ1n) is 9.71. The van der Waals surface area contributed by atoms with Crippen LogP contribution in [0.5, 0.6) is 0 Å². The molecule has 2 aliphatic rings. The summed E-state index contributed by atoms with van der Waals surface area (Å²) in [6, 6.07) is 8.66. The molecule has 1 saturated carbocycles. The van der Waals surface area contributed by atoms with Crippen LogP contribution in [0.4, 0.5) is 11.4 Å². The Morgan fingerprint density at radius 3 is 2.55 bits per heavy atom. The Hall–Kier alpha value is -3.15. The Kier molecular flexibility index (Phi) is 6.01. The number of esters is 1. The van der Waals surface area contributed by atoms with Gasteiger partial charge in [0, 0.05) is 19.2 Å². The fourth-order valence-electron chi connectivity index (χ4n) is 3.70. The van der Waals surface area contributed by atoms with Gasteiger partial charge in [0.1, 0.15) is 11.2 Å². The van der Waals surface area contributed by atoms with Crippen molar-refractivity contribution >= 4 is 23.3 Å². The topological polar surface area (TPSA) is 126 Å². The van der Waals surface area contributed by atoms with E-state index in [9.17, 15) is 25.0 Å². The molecule has 1 aliphatic heterocycles. The Morgan fingerprint density at radius 2 is 1.97 bits per heavy atom. The van der Waals surface area contributed by atoms with Crippen LogP contribution >= 0.6 is 0 Å². The Balaban J connectivity index is 1.47. The van der Waals surface area contributed by atoms with E-state index in [1.165, 1.54) is 6.07 Å². The second kappa shape index (κ2) is 8.47. The van der Waals surface area contributed by atoms with E-state index in [4.69, 9.17) is 4.74 Å². The van der Waals surface area contributed by atoms with Crippen LogP contribution in [0.25, 0.3) is 0 Å². The smallest absolute Gasteiger partial charge is 0.309 e. The lowest BCUT2D eigenvalue weighted by molar-refractivity contribution is -0.384. The highest BCUT2D eigenvalue weighted by atomic mass is 16.6. The number of hydrogen-bond donors (Lipinski definition) is 1. The van der Waals surface area contributed by atoms with Crippen LogP contribution in [0.3, 0.4) is 0 Å². The number of rotatable bonds is 7.